The van der Waals surface area contributed by atoms with Crippen molar-refractivity contribution in [3.8, 4) is 5.69 Å². The lowest BCUT2D eigenvalue weighted by molar-refractivity contribution is -0.137. The van der Waals surface area contributed by atoms with Crippen LogP contribution in [-0.4, -0.2) is 35.0 Å². The molecule has 0 fully saturated rings. The Bertz CT molecular complexity index is 951. The Hall–Kier alpha value is -2.14. The van der Waals surface area contributed by atoms with E-state index in [9.17, 15) is 13.2 Å². The molecule has 0 amide bonds. The highest BCUT2D eigenvalue weighted by atomic mass is 35.5. The van der Waals surface area contributed by atoms with Crippen molar-refractivity contribution in [2.24, 2.45) is 7.05 Å². The predicted molar refractivity (Wildman–Crippen MR) is 93.8 cm³/mol. The van der Waals surface area contributed by atoms with E-state index in [4.69, 9.17) is 11.6 Å². The number of nitrogens with zero attached hydrogens (tertiary/aromatic N) is 7. The number of aromatic nitrogens is 7. The minimum atomic E-state index is -4.59. The maximum atomic E-state index is 13.4. The summed E-state index contributed by atoms with van der Waals surface area (Å²) in [5.74, 6) is 1.48. The first kappa shape index (κ1) is 19.6. The van der Waals surface area contributed by atoms with Gasteiger partial charge in [0, 0.05) is 18.0 Å². The summed E-state index contributed by atoms with van der Waals surface area (Å²) < 4.78 is 43.0. The fraction of sp³-hybridized carbons (Fsp3) is 0.400. The van der Waals surface area contributed by atoms with Crippen LogP contribution in [0.2, 0.25) is 5.02 Å². The molecule has 0 saturated heterocycles. The first-order valence-electron chi connectivity index (χ1n) is 7.85. The third-order valence-corrected chi connectivity index (χ3v) is 4.99. The Morgan fingerprint density at radius 2 is 1.93 bits per heavy atom. The molecule has 0 N–H and O–H groups in total. The quantitative estimate of drug-likeness (QED) is 0.586. The molecular weight excluding hydrogens is 403 g/mol. The van der Waals surface area contributed by atoms with E-state index in [1.807, 2.05) is 25.5 Å². The van der Waals surface area contributed by atoms with Crippen LogP contribution in [0.5, 0.6) is 0 Å². The topological polar surface area (TPSA) is 74.3 Å². The van der Waals surface area contributed by atoms with Crippen molar-refractivity contribution in [2.45, 2.75) is 36.9 Å². The van der Waals surface area contributed by atoms with Crippen molar-refractivity contribution in [1.29, 1.82) is 0 Å². The summed E-state index contributed by atoms with van der Waals surface area (Å²) in [4.78, 5) is 0. The number of rotatable bonds is 5. The van der Waals surface area contributed by atoms with Crippen molar-refractivity contribution >= 4 is 23.4 Å². The fourth-order valence-electron chi connectivity index (χ4n) is 2.49. The van der Waals surface area contributed by atoms with Crippen LogP contribution >= 0.6 is 23.4 Å². The third kappa shape index (κ3) is 4.08. The van der Waals surface area contributed by atoms with E-state index in [2.05, 4.69) is 25.7 Å². The minimum absolute atomic E-state index is 0.0182. The van der Waals surface area contributed by atoms with Gasteiger partial charge in [-0.1, -0.05) is 37.2 Å². The molecule has 0 unspecified atom stereocenters. The molecule has 27 heavy (non-hydrogen) atoms. The van der Waals surface area contributed by atoms with Gasteiger partial charge in [-0.15, -0.1) is 15.3 Å². The van der Waals surface area contributed by atoms with Crippen LogP contribution in [-0.2, 0) is 19.0 Å². The van der Waals surface area contributed by atoms with E-state index in [-0.39, 0.29) is 28.2 Å². The van der Waals surface area contributed by atoms with Gasteiger partial charge in [-0.05, 0) is 28.6 Å². The van der Waals surface area contributed by atoms with Crippen molar-refractivity contribution in [2.75, 3.05) is 0 Å². The molecule has 144 valence electrons. The van der Waals surface area contributed by atoms with Gasteiger partial charge in [-0.3, -0.25) is 0 Å². The Morgan fingerprint density at radius 3 is 2.56 bits per heavy atom. The lowest BCUT2D eigenvalue weighted by atomic mass is 10.1. The number of hydrogen-bond donors (Lipinski definition) is 0. The molecule has 0 atom stereocenters. The average molecular weight is 418 g/mol. The van der Waals surface area contributed by atoms with Crippen LogP contribution in [0.1, 0.15) is 37.0 Å². The molecule has 2 aromatic heterocycles. The molecule has 0 bridgehead atoms. The molecule has 0 saturated carbocycles. The van der Waals surface area contributed by atoms with E-state index < -0.39 is 11.7 Å². The summed E-state index contributed by atoms with van der Waals surface area (Å²) in [6.45, 7) is 4.00. The van der Waals surface area contributed by atoms with Crippen molar-refractivity contribution in [1.82, 2.24) is 35.0 Å². The monoisotopic (exact) mass is 417 g/mol. The van der Waals surface area contributed by atoms with Crippen molar-refractivity contribution in [3.63, 3.8) is 0 Å². The Labute approximate surface area is 161 Å². The average Bonchev–Trinajstić information content (AvgIpc) is 3.18. The van der Waals surface area contributed by atoms with Crippen LogP contribution in [0.4, 0.5) is 13.2 Å². The molecule has 1 aromatic carbocycles. The summed E-state index contributed by atoms with van der Waals surface area (Å²) in [7, 11) is 1.83. The minimum Gasteiger partial charge on any atom is -0.309 e. The van der Waals surface area contributed by atoms with Crippen LogP contribution in [0, 0.1) is 0 Å². The summed E-state index contributed by atoms with van der Waals surface area (Å²) in [5.41, 5.74) is -1.09. The van der Waals surface area contributed by atoms with Crippen LogP contribution in [0.3, 0.4) is 0 Å². The Balaban J connectivity index is 1.90. The number of benzene rings is 1. The third-order valence-electron chi connectivity index (χ3n) is 3.74. The second-order valence-electron chi connectivity index (χ2n) is 6.01. The largest absolute Gasteiger partial charge is 0.418 e. The molecule has 0 aliphatic rings. The van der Waals surface area contributed by atoms with Gasteiger partial charge >= 0.3 is 6.18 Å². The predicted octanol–water partition coefficient (Wildman–Crippen LogP) is 3.88. The van der Waals surface area contributed by atoms with E-state index >= 15 is 0 Å². The Morgan fingerprint density at radius 1 is 1.19 bits per heavy atom. The first-order valence-corrected chi connectivity index (χ1v) is 9.21. The van der Waals surface area contributed by atoms with Crippen LogP contribution in [0.25, 0.3) is 5.69 Å². The van der Waals surface area contributed by atoms with E-state index in [0.29, 0.717) is 5.16 Å². The first-order chi connectivity index (χ1) is 12.7. The molecule has 3 aromatic rings. The van der Waals surface area contributed by atoms with Crippen molar-refractivity contribution < 1.29 is 13.2 Å². The van der Waals surface area contributed by atoms with Crippen LogP contribution < -0.4 is 0 Å². The van der Waals surface area contributed by atoms with Gasteiger partial charge in [0.15, 0.2) is 11.0 Å². The van der Waals surface area contributed by atoms with Gasteiger partial charge in [0.2, 0.25) is 0 Å². The number of alkyl halides is 3. The van der Waals surface area contributed by atoms with E-state index in [1.54, 1.807) is 0 Å². The van der Waals surface area contributed by atoms with Gasteiger partial charge in [0.25, 0.3) is 0 Å². The second kappa shape index (κ2) is 7.47. The van der Waals surface area contributed by atoms with Gasteiger partial charge in [0.05, 0.1) is 17.0 Å². The number of thioether (sulfide) groups is 1. The zero-order valence-electron chi connectivity index (χ0n) is 14.6. The highest BCUT2D eigenvalue weighted by Crippen LogP contribution is 2.36. The van der Waals surface area contributed by atoms with Gasteiger partial charge in [-0.25, -0.2) is 0 Å². The molecule has 0 aliphatic carbocycles. The molecule has 0 radical (unpaired) electrons. The van der Waals surface area contributed by atoms with Crippen molar-refractivity contribution in [3.05, 3.63) is 40.4 Å². The summed E-state index contributed by atoms with van der Waals surface area (Å²) in [5, 5.41) is 19.9. The maximum Gasteiger partial charge on any atom is 0.418 e. The van der Waals surface area contributed by atoms with Gasteiger partial charge in [-0.2, -0.15) is 17.9 Å². The highest BCUT2D eigenvalue weighted by molar-refractivity contribution is 7.98. The summed E-state index contributed by atoms with van der Waals surface area (Å²) in [6, 6.07) is 3.46. The number of tetrazole rings is 1. The highest BCUT2D eigenvalue weighted by Gasteiger charge is 2.35. The summed E-state index contributed by atoms with van der Waals surface area (Å²) >= 11 is 7.01. The van der Waals surface area contributed by atoms with E-state index in [0.717, 1.165) is 16.6 Å². The lowest BCUT2D eigenvalue weighted by Gasteiger charge is -2.13. The molecular formula is C15H15ClF3N7S. The van der Waals surface area contributed by atoms with Crippen LogP contribution in [0.15, 0.2) is 23.4 Å². The fourth-order valence-corrected chi connectivity index (χ4v) is 3.48. The number of halogens is 4. The van der Waals surface area contributed by atoms with Gasteiger partial charge < -0.3 is 4.57 Å². The normalized spacial score (nSPS) is 12.1. The SMILES string of the molecule is CC(C)c1nnc(SCc2nnnn2-c2ccc(Cl)cc2C(F)(F)F)n1C. The molecule has 2 heterocycles. The number of hydrogen-bond acceptors (Lipinski definition) is 6. The second-order valence-corrected chi connectivity index (χ2v) is 7.39. The molecule has 0 spiro atoms. The van der Waals surface area contributed by atoms with Gasteiger partial charge in [0.1, 0.15) is 5.82 Å². The molecule has 3 rings (SSSR count). The standard InChI is InChI=1S/C15H15ClF3N7S/c1-8(2)13-21-22-14(25(13)3)27-7-12-20-23-24-26(12)11-5-4-9(16)6-10(11)15(17,18)19/h4-6,8H,7H2,1-3H3. The summed E-state index contributed by atoms with van der Waals surface area (Å²) in [6.07, 6.45) is -4.59. The zero-order valence-corrected chi connectivity index (χ0v) is 16.1. The van der Waals surface area contributed by atoms with E-state index in [1.165, 1.54) is 23.9 Å². The Kier molecular flexibility index (Phi) is 5.43. The molecule has 0 aliphatic heterocycles. The maximum absolute atomic E-state index is 13.4. The zero-order chi connectivity index (χ0) is 19.8. The smallest absolute Gasteiger partial charge is 0.309 e. The molecule has 7 nitrogen and oxygen atoms in total. The molecule has 12 heteroatoms. The lowest BCUT2D eigenvalue weighted by Crippen LogP contribution is -2.13.